The quantitative estimate of drug-likeness (QED) is 0.769. The Morgan fingerprint density at radius 2 is 1.95 bits per heavy atom. The molecule has 4 heteroatoms. The number of rotatable bonds is 3. The Hall–Kier alpha value is -1.86. The summed E-state index contributed by atoms with van der Waals surface area (Å²) in [5, 5.41) is 9.32. The Bertz CT molecular complexity index is 649. The van der Waals surface area contributed by atoms with Crippen molar-refractivity contribution in [1.82, 2.24) is 0 Å². The van der Waals surface area contributed by atoms with Gasteiger partial charge in [0.1, 0.15) is 5.75 Å². The van der Waals surface area contributed by atoms with Crippen molar-refractivity contribution in [2.24, 2.45) is 0 Å². The summed E-state index contributed by atoms with van der Waals surface area (Å²) in [5.41, 5.74) is 2.33. The first-order valence-electron chi connectivity index (χ1n) is 5.67. The van der Waals surface area contributed by atoms with E-state index in [1.165, 1.54) is 12.1 Å². The van der Waals surface area contributed by atoms with Crippen LogP contribution in [-0.2, 0) is 5.33 Å². The predicted octanol–water partition coefficient (Wildman–Crippen LogP) is 4.69. The highest BCUT2D eigenvalue weighted by molar-refractivity contribution is 9.08. The number of halogens is 2. The van der Waals surface area contributed by atoms with E-state index in [0.717, 1.165) is 17.2 Å². The summed E-state index contributed by atoms with van der Waals surface area (Å²) in [6.07, 6.45) is 0. The van der Waals surface area contributed by atoms with E-state index in [4.69, 9.17) is 10.00 Å². The molecule has 0 bridgehead atoms. The van der Waals surface area contributed by atoms with Gasteiger partial charge in [-0.25, -0.2) is 4.39 Å². The molecule has 19 heavy (non-hydrogen) atoms. The molecule has 0 fully saturated rings. The molecule has 0 atom stereocenters. The fourth-order valence-corrected chi connectivity index (χ4v) is 2.12. The Kier molecular flexibility index (Phi) is 4.18. The summed E-state index contributed by atoms with van der Waals surface area (Å²) < 4.78 is 19.3. The van der Waals surface area contributed by atoms with Gasteiger partial charge in [0, 0.05) is 10.9 Å². The van der Waals surface area contributed by atoms with Crippen LogP contribution >= 0.6 is 15.9 Å². The zero-order chi connectivity index (χ0) is 13.8. The van der Waals surface area contributed by atoms with E-state index in [1.807, 2.05) is 31.2 Å². The highest BCUT2D eigenvalue weighted by Crippen LogP contribution is 2.29. The van der Waals surface area contributed by atoms with Crippen LogP contribution in [-0.4, -0.2) is 0 Å². The minimum Gasteiger partial charge on any atom is -0.454 e. The molecular weight excluding hydrogens is 309 g/mol. The second-order valence-electron chi connectivity index (χ2n) is 4.10. The first-order valence-corrected chi connectivity index (χ1v) is 6.79. The van der Waals surface area contributed by atoms with Gasteiger partial charge in [0.05, 0.1) is 11.6 Å². The van der Waals surface area contributed by atoms with Gasteiger partial charge in [0.2, 0.25) is 0 Å². The highest BCUT2D eigenvalue weighted by Gasteiger charge is 2.09. The third kappa shape index (κ3) is 3.12. The average Bonchev–Trinajstić information content (AvgIpc) is 2.42. The fraction of sp³-hybridized carbons (Fsp3) is 0.133. The third-order valence-electron chi connectivity index (χ3n) is 2.64. The van der Waals surface area contributed by atoms with Gasteiger partial charge in [-0.2, -0.15) is 5.26 Å². The van der Waals surface area contributed by atoms with E-state index >= 15 is 0 Å². The van der Waals surface area contributed by atoms with E-state index in [-0.39, 0.29) is 11.3 Å². The number of ether oxygens (including phenoxy) is 1. The molecule has 2 aromatic carbocycles. The Balaban J connectivity index is 2.34. The first kappa shape index (κ1) is 13.6. The minimum absolute atomic E-state index is 0.116. The van der Waals surface area contributed by atoms with Crippen LogP contribution in [0.1, 0.15) is 16.7 Å². The molecule has 96 valence electrons. The van der Waals surface area contributed by atoms with E-state index in [2.05, 4.69) is 15.9 Å². The lowest BCUT2D eigenvalue weighted by Gasteiger charge is -2.11. The Morgan fingerprint density at radius 1 is 1.21 bits per heavy atom. The second kappa shape index (κ2) is 5.85. The fourth-order valence-electron chi connectivity index (χ4n) is 1.68. The summed E-state index contributed by atoms with van der Waals surface area (Å²) >= 11 is 3.38. The molecular formula is C15H11BrFNO. The van der Waals surface area contributed by atoms with Gasteiger partial charge in [0.15, 0.2) is 11.6 Å². The van der Waals surface area contributed by atoms with E-state index < -0.39 is 5.82 Å². The van der Waals surface area contributed by atoms with E-state index in [1.54, 1.807) is 0 Å². The van der Waals surface area contributed by atoms with Gasteiger partial charge in [0.25, 0.3) is 0 Å². The minimum atomic E-state index is -0.542. The lowest BCUT2D eigenvalue weighted by molar-refractivity contribution is 0.439. The average molecular weight is 320 g/mol. The summed E-state index contributed by atoms with van der Waals surface area (Å²) in [6, 6.07) is 11.7. The smallest absolute Gasteiger partial charge is 0.167 e. The standard InChI is InChI=1S/C15H11BrFNO/c1-10-2-4-14(12(6-10)8-16)19-15-5-3-11(9-18)7-13(15)17/h2-7H,8H2,1H3. The number of alkyl halides is 1. The molecule has 2 aromatic rings. The van der Waals surface area contributed by atoms with Crippen LogP contribution in [0.25, 0.3) is 0 Å². The molecule has 0 amide bonds. The predicted molar refractivity (Wildman–Crippen MR) is 75.0 cm³/mol. The number of nitriles is 1. The molecule has 0 spiro atoms. The van der Waals surface area contributed by atoms with Crippen molar-refractivity contribution in [1.29, 1.82) is 5.26 Å². The molecule has 0 aliphatic carbocycles. The summed E-state index contributed by atoms with van der Waals surface area (Å²) in [5.74, 6) is 0.177. The highest BCUT2D eigenvalue weighted by atomic mass is 79.9. The van der Waals surface area contributed by atoms with Crippen LogP contribution < -0.4 is 4.74 Å². The second-order valence-corrected chi connectivity index (χ2v) is 4.66. The van der Waals surface area contributed by atoms with Crippen LogP contribution in [0.4, 0.5) is 4.39 Å². The van der Waals surface area contributed by atoms with Crippen LogP contribution in [0.2, 0.25) is 0 Å². The normalized spacial score (nSPS) is 10.0. The summed E-state index contributed by atoms with van der Waals surface area (Å²) in [6.45, 7) is 1.98. The summed E-state index contributed by atoms with van der Waals surface area (Å²) in [4.78, 5) is 0. The SMILES string of the molecule is Cc1ccc(Oc2ccc(C#N)cc2F)c(CBr)c1. The van der Waals surface area contributed by atoms with Gasteiger partial charge >= 0.3 is 0 Å². The Morgan fingerprint density at radius 3 is 2.58 bits per heavy atom. The van der Waals surface area contributed by atoms with Crippen molar-refractivity contribution in [2.75, 3.05) is 0 Å². The molecule has 0 radical (unpaired) electrons. The molecule has 0 aromatic heterocycles. The van der Waals surface area contributed by atoms with Crippen LogP contribution in [0.15, 0.2) is 36.4 Å². The molecule has 0 aliphatic heterocycles. The number of aryl methyl sites for hydroxylation is 1. The molecule has 2 nitrogen and oxygen atoms in total. The van der Waals surface area contributed by atoms with E-state index in [9.17, 15) is 4.39 Å². The molecule has 0 unspecified atom stereocenters. The lowest BCUT2D eigenvalue weighted by Crippen LogP contribution is -1.93. The zero-order valence-electron chi connectivity index (χ0n) is 10.3. The van der Waals surface area contributed by atoms with Crippen molar-refractivity contribution in [3.8, 4) is 17.6 Å². The van der Waals surface area contributed by atoms with Gasteiger partial charge in [-0.15, -0.1) is 0 Å². The van der Waals surface area contributed by atoms with Crippen LogP contribution in [0, 0.1) is 24.1 Å². The molecule has 2 rings (SSSR count). The van der Waals surface area contributed by atoms with Crippen LogP contribution in [0.3, 0.4) is 0 Å². The van der Waals surface area contributed by atoms with Crippen molar-refractivity contribution in [2.45, 2.75) is 12.3 Å². The van der Waals surface area contributed by atoms with Crippen LogP contribution in [0.5, 0.6) is 11.5 Å². The van der Waals surface area contributed by atoms with Crippen molar-refractivity contribution < 1.29 is 9.13 Å². The molecule has 0 heterocycles. The van der Waals surface area contributed by atoms with Gasteiger partial charge in [-0.05, 0) is 31.2 Å². The third-order valence-corrected chi connectivity index (χ3v) is 3.24. The maximum atomic E-state index is 13.7. The largest absolute Gasteiger partial charge is 0.454 e. The van der Waals surface area contributed by atoms with Crippen molar-refractivity contribution in [3.63, 3.8) is 0 Å². The number of hydrogen-bond donors (Lipinski definition) is 0. The monoisotopic (exact) mass is 319 g/mol. The van der Waals surface area contributed by atoms with E-state index in [0.29, 0.717) is 11.1 Å². The number of hydrogen-bond acceptors (Lipinski definition) is 2. The van der Waals surface area contributed by atoms with Gasteiger partial charge in [-0.1, -0.05) is 33.6 Å². The zero-order valence-corrected chi connectivity index (χ0v) is 11.9. The van der Waals surface area contributed by atoms with Gasteiger partial charge in [-0.3, -0.25) is 0 Å². The number of nitrogens with zero attached hydrogens (tertiary/aromatic N) is 1. The topological polar surface area (TPSA) is 33.0 Å². The first-order chi connectivity index (χ1) is 9.13. The van der Waals surface area contributed by atoms with Gasteiger partial charge < -0.3 is 4.74 Å². The summed E-state index contributed by atoms with van der Waals surface area (Å²) in [7, 11) is 0. The Labute approximate surface area is 119 Å². The molecule has 0 aliphatic rings. The molecule has 0 N–H and O–H groups in total. The lowest BCUT2D eigenvalue weighted by atomic mass is 10.1. The maximum absolute atomic E-state index is 13.7. The molecule has 0 saturated heterocycles. The number of benzene rings is 2. The molecule has 0 saturated carbocycles. The maximum Gasteiger partial charge on any atom is 0.167 e. The van der Waals surface area contributed by atoms with Crippen molar-refractivity contribution in [3.05, 3.63) is 58.9 Å². The van der Waals surface area contributed by atoms with Crippen molar-refractivity contribution >= 4 is 15.9 Å².